The maximum atomic E-state index is 12.0. The highest BCUT2D eigenvalue weighted by molar-refractivity contribution is 6.01. The van der Waals surface area contributed by atoms with Crippen LogP contribution < -0.4 is 16.0 Å². The van der Waals surface area contributed by atoms with Crippen molar-refractivity contribution in [3.63, 3.8) is 0 Å². The molecule has 0 fully saturated rings. The molecule has 1 amide bonds. The average Bonchev–Trinajstić information content (AvgIpc) is 2.90. The van der Waals surface area contributed by atoms with Crippen LogP contribution in [0.2, 0.25) is 0 Å². The van der Waals surface area contributed by atoms with Crippen molar-refractivity contribution in [3.05, 3.63) is 53.6 Å². The summed E-state index contributed by atoms with van der Waals surface area (Å²) in [6.45, 7) is 0.868. The topological polar surface area (TPSA) is 58.4 Å². The third kappa shape index (κ3) is 1.99. The van der Waals surface area contributed by atoms with Gasteiger partial charge in [0.25, 0.3) is 5.91 Å². The van der Waals surface area contributed by atoms with E-state index >= 15 is 0 Å². The zero-order chi connectivity index (χ0) is 14.1. The van der Waals surface area contributed by atoms with Crippen molar-refractivity contribution >= 4 is 23.0 Å². The van der Waals surface area contributed by atoms with E-state index in [2.05, 4.69) is 22.3 Å². The van der Waals surface area contributed by atoms with Gasteiger partial charge in [-0.2, -0.15) is 0 Å². The highest BCUT2D eigenvalue weighted by Crippen LogP contribution is 2.36. The number of benzene rings is 2. The zero-order valence-corrected chi connectivity index (χ0v) is 11.4. The number of nitrogen functional groups attached to an aromatic ring is 1. The number of hydrogen-bond donors (Lipinski definition) is 2. The standard InChI is InChI=1S/C16H17N3O/c1-18-16(20)13-7-6-12(17)10-15(13)19-9-8-11-4-2-3-5-14(11)19/h2-7,10H,8-9,17H2,1H3,(H,18,20). The molecule has 2 aromatic rings. The molecule has 0 bridgehead atoms. The Bertz CT molecular complexity index is 667. The number of anilines is 3. The van der Waals surface area contributed by atoms with Crippen molar-refractivity contribution in [2.24, 2.45) is 0 Å². The molecule has 0 aliphatic carbocycles. The van der Waals surface area contributed by atoms with E-state index in [1.165, 1.54) is 5.56 Å². The minimum atomic E-state index is -0.0932. The van der Waals surface area contributed by atoms with Crippen molar-refractivity contribution in [1.29, 1.82) is 0 Å². The minimum absolute atomic E-state index is 0.0932. The van der Waals surface area contributed by atoms with Gasteiger partial charge in [0.1, 0.15) is 0 Å². The van der Waals surface area contributed by atoms with Gasteiger partial charge in [0, 0.05) is 25.0 Å². The van der Waals surface area contributed by atoms with Gasteiger partial charge in [-0.05, 0) is 36.2 Å². The largest absolute Gasteiger partial charge is 0.399 e. The predicted octanol–water partition coefficient (Wildman–Crippen LogP) is 2.32. The Balaban J connectivity index is 2.11. The summed E-state index contributed by atoms with van der Waals surface area (Å²) in [4.78, 5) is 14.2. The Morgan fingerprint density at radius 1 is 1.20 bits per heavy atom. The molecule has 20 heavy (non-hydrogen) atoms. The van der Waals surface area contributed by atoms with E-state index in [9.17, 15) is 4.79 Å². The van der Waals surface area contributed by atoms with Gasteiger partial charge in [-0.15, -0.1) is 0 Å². The molecule has 0 radical (unpaired) electrons. The summed E-state index contributed by atoms with van der Waals surface area (Å²) in [5.41, 5.74) is 10.5. The van der Waals surface area contributed by atoms with E-state index in [4.69, 9.17) is 5.73 Å². The third-order valence-electron chi connectivity index (χ3n) is 3.67. The van der Waals surface area contributed by atoms with Crippen molar-refractivity contribution < 1.29 is 4.79 Å². The summed E-state index contributed by atoms with van der Waals surface area (Å²) >= 11 is 0. The maximum Gasteiger partial charge on any atom is 0.253 e. The fourth-order valence-corrected chi connectivity index (χ4v) is 2.69. The summed E-state index contributed by atoms with van der Waals surface area (Å²) < 4.78 is 0. The fourth-order valence-electron chi connectivity index (χ4n) is 2.69. The fraction of sp³-hybridized carbons (Fsp3) is 0.188. The Morgan fingerprint density at radius 3 is 2.80 bits per heavy atom. The summed E-state index contributed by atoms with van der Waals surface area (Å²) in [5, 5.41) is 2.68. The lowest BCUT2D eigenvalue weighted by atomic mass is 10.1. The second-order valence-corrected chi connectivity index (χ2v) is 4.89. The lowest BCUT2D eigenvalue weighted by molar-refractivity contribution is 0.0963. The molecular weight excluding hydrogens is 250 g/mol. The van der Waals surface area contributed by atoms with Crippen molar-refractivity contribution in [2.45, 2.75) is 6.42 Å². The van der Waals surface area contributed by atoms with E-state index in [0.717, 1.165) is 24.3 Å². The van der Waals surface area contributed by atoms with Gasteiger partial charge >= 0.3 is 0 Å². The second-order valence-electron chi connectivity index (χ2n) is 4.89. The normalized spacial score (nSPS) is 13.2. The van der Waals surface area contributed by atoms with Gasteiger partial charge in [-0.1, -0.05) is 18.2 Å². The number of amides is 1. The Hall–Kier alpha value is -2.49. The number of carbonyl (C=O) groups excluding carboxylic acids is 1. The molecule has 0 saturated heterocycles. The van der Waals surface area contributed by atoms with Gasteiger partial charge in [0.05, 0.1) is 11.3 Å². The van der Waals surface area contributed by atoms with Gasteiger partial charge < -0.3 is 16.0 Å². The lowest BCUT2D eigenvalue weighted by Crippen LogP contribution is -2.23. The number of nitrogens with zero attached hydrogens (tertiary/aromatic N) is 1. The van der Waals surface area contributed by atoms with Crippen LogP contribution in [0.15, 0.2) is 42.5 Å². The Kier molecular flexibility index (Phi) is 3.06. The van der Waals surface area contributed by atoms with Crippen LogP contribution in [-0.4, -0.2) is 19.5 Å². The molecule has 1 heterocycles. The first-order chi connectivity index (χ1) is 9.70. The van der Waals surface area contributed by atoms with E-state index in [0.29, 0.717) is 11.3 Å². The highest BCUT2D eigenvalue weighted by atomic mass is 16.1. The zero-order valence-electron chi connectivity index (χ0n) is 11.4. The van der Waals surface area contributed by atoms with Crippen molar-refractivity contribution in [3.8, 4) is 0 Å². The first kappa shape index (κ1) is 12.5. The van der Waals surface area contributed by atoms with Crippen LogP contribution in [0.5, 0.6) is 0 Å². The number of rotatable bonds is 2. The molecule has 4 heteroatoms. The van der Waals surface area contributed by atoms with Crippen LogP contribution in [0.25, 0.3) is 0 Å². The van der Waals surface area contributed by atoms with Gasteiger partial charge in [0.15, 0.2) is 0 Å². The van der Waals surface area contributed by atoms with Crippen LogP contribution >= 0.6 is 0 Å². The van der Waals surface area contributed by atoms with Crippen molar-refractivity contribution in [1.82, 2.24) is 5.32 Å². The molecule has 0 aromatic heterocycles. The van der Waals surface area contributed by atoms with E-state index < -0.39 is 0 Å². The second kappa shape index (κ2) is 4.89. The first-order valence-electron chi connectivity index (χ1n) is 6.68. The van der Waals surface area contributed by atoms with Crippen LogP contribution in [-0.2, 0) is 6.42 Å². The van der Waals surface area contributed by atoms with E-state index in [-0.39, 0.29) is 5.91 Å². The van der Waals surface area contributed by atoms with Crippen LogP contribution in [0.1, 0.15) is 15.9 Å². The van der Waals surface area contributed by atoms with E-state index in [1.54, 1.807) is 19.2 Å². The monoisotopic (exact) mass is 267 g/mol. The Labute approximate surface area is 118 Å². The number of carbonyl (C=O) groups is 1. The molecule has 2 aromatic carbocycles. The number of fused-ring (bicyclic) bond motifs is 1. The highest BCUT2D eigenvalue weighted by Gasteiger charge is 2.23. The molecule has 0 spiro atoms. The van der Waals surface area contributed by atoms with Gasteiger partial charge in [0.2, 0.25) is 0 Å². The van der Waals surface area contributed by atoms with Crippen LogP contribution in [0.4, 0.5) is 17.1 Å². The van der Waals surface area contributed by atoms with Gasteiger partial charge in [-0.3, -0.25) is 4.79 Å². The van der Waals surface area contributed by atoms with Crippen molar-refractivity contribution in [2.75, 3.05) is 24.2 Å². The SMILES string of the molecule is CNC(=O)c1ccc(N)cc1N1CCc2ccccc21. The summed E-state index contributed by atoms with van der Waals surface area (Å²) in [6.07, 6.45) is 0.984. The lowest BCUT2D eigenvalue weighted by Gasteiger charge is -2.22. The molecule has 0 saturated carbocycles. The molecule has 102 valence electrons. The molecule has 4 nitrogen and oxygen atoms in total. The minimum Gasteiger partial charge on any atom is -0.399 e. The first-order valence-corrected chi connectivity index (χ1v) is 6.68. The maximum absolute atomic E-state index is 12.0. The number of hydrogen-bond acceptors (Lipinski definition) is 3. The molecule has 1 aliphatic rings. The molecule has 3 rings (SSSR count). The number of para-hydroxylation sites is 1. The number of nitrogens with two attached hydrogens (primary N) is 1. The van der Waals surface area contributed by atoms with E-state index in [1.807, 2.05) is 18.2 Å². The summed E-state index contributed by atoms with van der Waals surface area (Å²) in [7, 11) is 1.64. The third-order valence-corrected chi connectivity index (χ3v) is 3.67. The Morgan fingerprint density at radius 2 is 2.00 bits per heavy atom. The average molecular weight is 267 g/mol. The van der Waals surface area contributed by atoms with Gasteiger partial charge in [-0.25, -0.2) is 0 Å². The summed E-state index contributed by atoms with van der Waals surface area (Å²) in [6, 6.07) is 13.7. The smallest absolute Gasteiger partial charge is 0.253 e. The molecule has 3 N–H and O–H groups in total. The van der Waals surface area contributed by atoms with Crippen LogP contribution in [0.3, 0.4) is 0 Å². The quantitative estimate of drug-likeness (QED) is 0.821. The summed E-state index contributed by atoms with van der Waals surface area (Å²) in [5.74, 6) is -0.0932. The van der Waals surface area contributed by atoms with Crippen LogP contribution in [0, 0.1) is 0 Å². The molecule has 0 atom stereocenters. The molecule has 1 aliphatic heterocycles. The predicted molar refractivity (Wildman–Crippen MR) is 81.4 cm³/mol. The molecular formula is C16H17N3O. The number of nitrogens with one attached hydrogen (secondary N) is 1. The molecule has 0 unspecified atom stereocenters.